The molecule has 0 aliphatic heterocycles. The Morgan fingerprint density at radius 2 is 1.20 bits per heavy atom. The highest BCUT2D eigenvalue weighted by Gasteiger charge is 2.35. The number of nitrogens with zero attached hydrogens (tertiary/aromatic N) is 3. The maximum absolute atomic E-state index is 13.2. The number of esters is 1. The van der Waals surface area contributed by atoms with Gasteiger partial charge in [-0.25, -0.2) is 4.79 Å². The van der Waals surface area contributed by atoms with E-state index in [1.165, 1.54) is 31.5 Å². The molecule has 2 aromatic heterocycles. The van der Waals surface area contributed by atoms with Gasteiger partial charge in [-0.1, -0.05) is 60.7 Å². The SMILES string of the molecule is CCOC(=O)C(=O)N(Cc1ccccc1)Cc1ncccc1C(F)(F)F.FC(F)(F)c1cccnc1CNCc1ccccc1. The Hall–Kier alpha value is -4.78. The summed E-state index contributed by atoms with van der Waals surface area (Å²) in [5, 5.41) is 2.97. The van der Waals surface area contributed by atoms with Crippen molar-refractivity contribution in [3.8, 4) is 0 Å². The first-order valence-corrected chi connectivity index (χ1v) is 13.7. The summed E-state index contributed by atoms with van der Waals surface area (Å²) < 4.78 is 82.4. The summed E-state index contributed by atoms with van der Waals surface area (Å²) in [6, 6.07) is 22.5. The van der Waals surface area contributed by atoms with Crippen LogP contribution >= 0.6 is 0 Å². The lowest BCUT2D eigenvalue weighted by atomic mass is 10.1. The molecule has 1 N–H and O–H groups in total. The molecular weight excluding hydrogens is 602 g/mol. The van der Waals surface area contributed by atoms with Gasteiger partial charge in [-0.05, 0) is 42.3 Å². The van der Waals surface area contributed by atoms with Gasteiger partial charge < -0.3 is 15.0 Å². The highest BCUT2D eigenvalue weighted by Crippen LogP contribution is 2.32. The smallest absolute Gasteiger partial charge is 0.418 e. The molecule has 2 heterocycles. The topological polar surface area (TPSA) is 84.4 Å². The van der Waals surface area contributed by atoms with Crippen molar-refractivity contribution in [2.24, 2.45) is 0 Å². The summed E-state index contributed by atoms with van der Waals surface area (Å²) in [5.74, 6) is -2.14. The molecule has 0 bridgehead atoms. The first kappa shape index (κ1) is 34.7. The molecule has 13 heteroatoms. The van der Waals surface area contributed by atoms with Gasteiger partial charge in [-0.15, -0.1) is 0 Å². The monoisotopic (exact) mass is 632 g/mol. The van der Waals surface area contributed by atoms with E-state index in [0.717, 1.165) is 22.6 Å². The minimum absolute atomic E-state index is 0.0128. The number of benzene rings is 2. The van der Waals surface area contributed by atoms with Crippen LogP contribution in [0.25, 0.3) is 0 Å². The van der Waals surface area contributed by atoms with Gasteiger partial charge in [0.2, 0.25) is 0 Å². The van der Waals surface area contributed by atoms with Gasteiger partial charge in [0.15, 0.2) is 0 Å². The van der Waals surface area contributed by atoms with E-state index in [-0.39, 0.29) is 31.1 Å². The molecule has 0 aliphatic carbocycles. The van der Waals surface area contributed by atoms with Crippen LogP contribution in [0.15, 0.2) is 97.3 Å². The summed E-state index contributed by atoms with van der Waals surface area (Å²) in [6.07, 6.45) is -6.40. The molecule has 0 radical (unpaired) electrons. The normalized spacial score (nSPS) is 11.3. The van der Waals surface area contributed by atoms with E-state index in [1.54, 1.807) is 30.3 Å². The number of nitrogens with one attached hydrogen (secondary N) is 1. The van der Waals surface area contributed by atoms with Crippen LogP contribution in [0.1, 0.15) is 40.6 Å². The first-order chi connectivity index (χ1) is 21.4. The largest absolute Gasteiger partial charge is 0.459 e. The van der Waals surface area contributed by atoms with Crippen LogP contribution in [0.4, 0.5) is 26.3 Å². The molecule has 4 aromatic rings. The Kier molecular flexibility index (Phi) is 12.6. The van der Waals surface area contributed by atoms with Crippen molar-refractivity contribution in [1.29, 1.82) is 0 Å². The molecule has 7 nitrogen and oxygen atoms in total. The molecule has 0 spiro atoms. The van der Waals surface area contributed by atoms with Crippen LogP contribution in [0, 0.1) is 0 Å². The number of amides is 1. The zero-order chi connectivity index (χ0) is 32.9. The molecule has 2 aromatic carbocycles. The van der Waals surface area contributed by atoms with Gasteiger partial charge in [-0.2, -0.15) is 26.3 Å². The summed E-state index contributed by atoms with van der Waals surface area (Å²) >= 11 is 0. The Labute approximate surface area is 255 Å². The van der Waals surface area contributed by atoms with Crippen molar-refractivity contribution < 1.29 is 40.7 Å². The van der Waals surface area contributed by atoms with E-state index >= 15 is 0 Å². The zero-order valence-corrected chi connectivity index (χ0v) is 24.1. The maximum Gasteiger partial charge on any atom is 0.418 e. The van der Waals surface area contributed by atoms with Crippen LogP contribution in [0.5, 0.6) is 0 Å². The van der Waals surface area contributed by atoms with Gasteiger partial charge in [0.25, 0.3) is 0 Å². The van der Waals surface area contributed by atoms with E-state index in [9.17, 15) is 35.9 Å². The van der Waals surface area contributed by atoms with Crippen molar-refractivity contribution in [2.75, 3.05) is 6.61 Å². The number of carbonyl (C=O) groups excluding carboxylic acids is 2. The van der Waals surface area contributed by atoms with Gasteiger partial charge in [-0.3, -0.25) is 14.8 Å². The van der Waals surface area contributed by atoms with E-state index < -0.39 is 41.9 Å². The lowest BCUT2D eigenvalue weighted by Crippen LogP contribution is -2.37. The average Bonchev–Trinajstić information content (AvgIpc) is 3.01. The second-order valence-electron chi connectivity index (χ2n) is 9.45. The Balaban J connectivity index is 0.000000257. The summed E-state index contributed by atoms with van der Waals surface area (Å²) in [6.45, 7) is 1.60. The number of carbonyl (C=O) groups is 2. The number of ether oxygens (including phenoxy) is 1. The zero-order valence-electron chi connectivity index (χ0n) is 24.1. The van der Waals surface area contributed by atoms with Crippen LogP contribution in [0.3, 0.4) is 0 Å². The molecule has 0 saturated carbocycles. The third kappa shape index (κ3) is 11.0. The number of rotatable bonds is 9. The number of alkyl halides is 6. The van der Waals surface area contributed by atoms with E-state index in [0.29, 0.717) is 12.1 Å². The van der Waals surface area contributed by atoms with Crippen molar-refractivity contribution in [3.63, 3.8) is 0 Å². The Morgan fingerprint density at radius 3 is 1.73 bits per heavy atom. The van der Waals surface area contributed by atoms with Crippen LogP contribution in [-0.4, -0.2) is 33.4 Å². The molecular formula is C32H30F6N4O3. The number of pyridine rings is 2. The van der Waals surface area contributed by atoms with Gasteiger partial charge in [0.1, 0.15) is 0 Å². The standard InChI is InChI=1S/C18H17F3N2O3.C14H13F3N2/c1-2-26-17(25)16(24)23(11-13-7-4-3-5-8-13)12-15-14(18(19,20)21)9-6-10-22-15;15-14(16,17)12-7-4-8-19-13(12)10-18-9-11-5-2-1-3-6-11/h3-10H,2,11-12H2,1H3;1-8,18H,9-10H2. The predicted octanol–water partition coefficient (Wildman–Crippen LogP) is 6.58. The fourth-order valence-electron chi connectivity index (χ4n) is 4.09. The summed E-state index contributed by atoms with van der Waals surface area (Å²) in [5.41, 5.74) is -0.272. The maximum atomic E-state index is 13.2. The minimum Gasteiger partial charge on any atom is -0.459 e. The van der Waals surface area contributed by atoms with Crippen molar-refractivity contribution in [1.82, 2.24) is 20.2 Å². The number of hydrogen-bond acceptors (Lipinski definition) is 6. The molecule has 0 aliphatic rings. The van der Waals surface area contributed by atoms with Crippen LogP contribution in [0.2, 0.25) is 0 Å². The number of halogens is 6. The quantitative estimate of drug-likeness (QED) is 0.128. The lowest BCUT2D eigenvalue weighted by molar-refractivity contribution is -0.160. The van der Waals surface area contributed by atoms with E-state index in [1.807, 2.05) is 30.3 Å². The van der Waals surface area contributed by atoms with E-state index in [2.05, 4.69) is 20.0 Å². The second kappa shape index (κ2) is 16.3. The third-order valence-corrected chi connectivity index (χ3v) is 6.15. The van der Waals surface area contributed by atoms with Crippen molar-refractivity contribution >= 4 is 11.9 Å². The highest BCUT2D eigenvalue weighted by atomic mass is 19.4. The average molecular weight is 633 g/mol. The molecule has 238 valence electrons. The molecule has 4 rings (SSSR count). The Bertz CT molecular complexity index is 1520. The van der Waals surface area contributed by atoms with Crippen LogP contribution < -0.4 is 5.32 Å². The predicted molar refractivity (Wildman–Crippen MR) is 153 cm³/mol. The molecule has 0 unspecified atom stereocenters. The highest BCUT2D eigenvalue weighted by molar-refractivity contribution is 6.32. The second-order valence-corrected chi connectivity index (χ2v) is 9.45. The first-order valence-electron chi connectivity index (χ1n) is 13.7. The molecule has 0 saturated heterocycles. The minimum atomic E-state index is -4.62. The summed E-state index contributed by atoms with van der Waals surface area (Å²) in [7, 11) is 0. The summed E-state index contributed by atoms with van der Waals surface area (Å²) in [4.78, 5) is 32.7. The van der Waals surface area contributed by atoms with Gasteiger partial charge in [0.05, 0.1) is 35.7 Å². The van der Waals surface area contributed by atoms with Crippen molar-refractivity contribution in [3.05, 3.63) is 131 Å². The fraction of sp³-hybridized carbons (Fsp3) is 0.250. The molecule has 0 atom stereocenters. The molecule has 0 fully saturated rings. The van der Waals surface area contributed by atoms with Gasteiger partial charge >= 0.3 is 24.2 Å². The molecule has 1 amide bonds. The van der Waals surface area contributed by atoms with E-state index in [4.69, 9.17) is 0 Å². The van der Waals surface area contributed by atoms with Crippen molar-refractivity contribution in [2.45, 2.75) is 45.5 Å². The number of aromatic nitrogens is 2. The van der Waals surface area contributed by atoms with Gasteiger partial charge in [0, 0.05) is 32.0 Å². The van der Waals surface area contributed by atoms with Crippen LogP contribution in [-0.2, 0) is 52.9 Å². The third-order valence-electron chi connectivity index (χ3n) is 6.15. The number of hydrogen-bond donors (Lipinski definition) is 1. The molecule has 45 heavy (non-hydrogen) atoms. The Morgan fingerprint density at radius 1 is 0.689 bits per heavy atom. The fourth-order valence-corrected chi connectivity index (χ4v) is 4.09. The lowest BCUT2D eigenvalue weighted by Gasteiger charge is -2.23.